The molecule has 0 saturated heterocycles. The SMILES string of the molecule is COCc1nnc(NC(=O)Cn2c(C)ccc(C#N)c2=O)s1. The van der Waals surface area contributed by atoms with Crippen LogP contribution in [0.1, 0.15) is 16.3 Å². The number of pyridine rings is 1. The number of carbonyl (C=O) groups excluding carboxylic acids is 1. The number of carbonyl (C=O) groups is 1. The number of nitrogens with one attached hydrogen (secondary N) is 1. The Labute approximate surface area is 130 Å². The molecule has 0 spiro atoms. The third kappa shape index (κ3) is 3.55. The van der Waals surface area contributed by atoms with E-state index in [1.165, 1.54) is 29.1 Å². The van der Waals surface area contributed by atoms with E-state index in [0.717, 1.165) is 0 Å². The quantitative estimate of drug-likeness (QED) is 0.867. The first-order valence-electron chi connectivity index (χ1n) is 6.27. The van der Waals surface area contributed by atoms with Gasteiger partial charge in [-0.3, -0.25) is 14.9 Å². The van der Waals surface area contributed by atoms with Crippen LogP contribution < -0.4 is 10.9 Å². The molecule has 0 bridgehead atoms. The first kappa shape index (κ1) is 15.8. The summed E-state index contributed by atoms with van der Waals surface area (Å²) >= 11 is 1.19. The molecule has 2 aromatic heterocycles. The van der Waals surface area contributed by atoms with Crippen molar-refractivity contribution < 1.29 is 9.53 Å². The topological polar surface area (TPSA) is 110 Å². The third-order valence-electron chi connectivity index (χ3n) is 2.80. The van der Waals surface area contributed by atoms with Gasteiger partial charge in [0.1, 0.15) is 29.8 Å². The molecule has 8 nitrogen and oxygen atoms in total. The lowest BCUT2D eigenvalue weighted by atomic mass is 10.2. The van der Waals surface area contributed by atoms with Gasteiger partial charge in [-0.15, -0.1) is 10.2 Å². The fraction of sp³-hybridized carbons (Fsp3) is 0.308. The number of methoxy groups -OCH3 is 1. The van der Waals surface area contributed by atoms with E-state index in [9.17, 15) is 9.59 Å². The van der Waals surface area contributed by atoms with Gasteiger partial charge in [0, 0.05) is 12.8 Å². The second kappa shape index (κ2) is 6.93. The average Bonchev–Trinajstić information content (AvgIpc) is 2.91. The average molecular weight is 319 g/mol. The Bertz CT molecular complexity index is 790. The van der Waals surface area contributed by atoms with Gasteiger partial charge in [-0.1, -0.05) is 11.3 Å². The van der Waals surface area contributed by atoms with E-state index in [1.807, 2.05) is 0 Å². The summed E-state index contributed by atoms with van der Waals surface area (Å²) in [6.45, 7) is 1.81. The maximum absolute atomic E-state index is 12.0. The molecule has 0 radical (unpaired) electrons. The maximum Gasteiger partial charge on any atom is 0.269 e. The lowest BCUT2D eigenvalue weighted by Gasteiger charge is -2.09. The van der Waals surface area contributed by atoms with Crippen molar-refractivity contribution in [2.24, 2.45) is 0 Å². The lowest BCUT2D eigenvalue weighted by Crippen LogP contribution is -2.30. The van der Waals surface area contributed by atoms with Crippen LogP contribution in [0.3, 0.4) is 0 Å². The number of aryl methyl sites for hydroxylation is 1. The van der Waals surface area contributed by atoms with E-state index >= 15 is 0 Å². The molecule has 0 unspecified atom stereocenters. The highest BCUT2D eigenvalue weighted by atomic mass is 32.1. The number of anilines is 1. The first-order valence-corrected chi connectivity index (χ1v) is 7.08. The second-order valence-corrected chi connectivity index (χ2v) is 5.44. The Morgan fingerprint density at radius 2 is 2.27 bits per heavy atom. The molecule has 1 N–H and O–H groups in total. The predicted octanol–water partition coefficient (Wildman–Crippen LogP) is 0.665. The van der Waals surface area contributed by atoms with Crippen LogP contribution in [0, 0.1) is 18.3 Å². The zero-order valence-corrected chi connectivity index (χ0v) is 12.8. The number of aromatic nitrogens is 3. The summed E-state index contributed by atoms with van der Waals surface area (Å²) in [7, 11) is 1.54. The number of nitrogens with zero attached hydrogens (tertiary/aromatic N) is 4. The molecule has 22 heavy (non-hydrogen) atoms. The number of ether oxygens (including phenoxy) is 1. The molecule has 1 amide bonds. The Balaban J connectivity index is 2.12. The summed E-state index contributed by atoms with van der Waals surface area (Å²) in [4.78, 5) is 24.0. The Kier molecular flexibility index (Phi) is 4.98. The summed E-state index contributed by atoms with van der Waals surface area (Å²) in [5.41, 5.74) is 0.100. The van der Waals surface area contributed by atoms with Gasteiger partial charge in [0.15, 0.2) is 0 Å². The second-order valence-electron chi connectivity index (χ2n) is 4.37. The smallest absolute Gasteiger partial charge is 0.269 e. The minimum Gasteiger partial charge on any atom is -0.377 e. The number of amides is 1. The van der Waals surface area contributed by atoms with Gasteiger partial charge in [0.2, 0.25) is 11.0 Å². The first-order chi connectivity index (χ1) is 10.5. The van der Waals surface area contributed by atoms with E-state index in [0.29, 0.717) is 22.4 Å². The van der Waals surface area contributed by atoms with Gasteiger partial charge in [0.05, 0.1) is 0 Å². The third-order valence-corrected chi connectivity index (χ3v) is 3.61. The molecular weight excluding hydrogens is 306 g/mol. The number of hydrogen-bond acceptors (Lipinski definition) is 7. The van der Waals surface area contributed by atoms with Gasteiger partial charge in [-0.25, -0.2) is 0 Å². The van der Waals surface area contributed by atoms with Gasteiger partial charge in [-0.2, -0.15) is 5.26 Å². The molecular formula is C13H13N5O3S. The minimum atomic E-state index is -0.491. The zero-order chi connectivity index (χ0) is 16.1. The molecule has 2 heterocycles. The van der Waals surface area contributed by atoms with Gasteiger partial charge < -0.3 is 9.30 Å². The van der Waals surface area contributed by atoms with Crippen molar-refractivity contribution in [3.8, 4) is 6.07 Å². The number of rotatable bonds is 5. The Morgan fingerprint density at radius 1 is 1.50 bits per heavy atom. The molecule has 114 valence electrons. The van der Waals surface area contributed by atoms with Crippen LogP contribution >= 0.6 is 11.3 Å². The van der Waals surface area contributed by atoms with Crippen molar-refractivity contribution in [3.05, 3.63) is 38.8 Å². The van der Waals surface area contributed by atoms with Crippen molar-refractivity contribution in [1.82, 2.24) is 14.8 Å². The van der Waals surface area contributed by atoms with E-state index in [4.69, 9.17) is 10.00 Å². The van der Waals surface area contributed by atoms with Crippen LogP contribution in [-0.4, -0.2) is 27.8 Å². The summed E-state index contributed by atoms with van der Waals surface area (Å²) in [5, 5.41) is 20.1. The number of hydrogen-bond donors (Lipinski definition) is 1. The monoisotopic (exact) mass is 319 g/mol. The van der Waals surface area contributed by atoms with E-state index < -0.39 is 11.5 Å². The standard InChI is InChI=1S/C13H13N5O3S/c1-8-3-4-9(5-14)12(20)18(8)6-10(19)15-13-17-16-11(22-13)7-21-2/h3-4H,6-7H2,1-2H3,(H,15,17,19). The van der Waals surface area contributed by atoms with Gasteiger partial charge >= 0.3 is 0 Å². The highest BCUT2D eigenvalue weighted by Crippen LogP contribution is 2.15. The molecule has 0 fully saturated rings. The summed E-state index contributed by atoms with van der Waals surface area (Å²) in [6.07, 6.45) is 0. The molecule has 0 aliphatic rings. The van der Waals surface area contributed by atoms with Crippen molar-refractivity contribution in [3.63, 3.8) is 0 Å². The minimum absolute atomic E-state index is 0.00306. The predicted molar refractivity (Wildman–Crippen MR) is 79.4 cm³/mol. The molecule has 0 aliphatic carbocycles. The largest absolute Gasteiger partial charge is 0.377 e. The molecule has 2 aromatic rings. The molecule has 9 heteroatoms. The van der Waals surface area contributed by atoms with Gasteiger partial charge in [0.25, 0.3) is 5.56 Å². The molecule has 0 atom stereocenters. The van der Waals surface area contributed by atoms with Crippen LogP contribution in [-0.2, 0) is 22.7 Å². The van der Waals surface area contributed by atoms with Crippen molar-refractivity contribution in [2.45, 2.75) is 20.1 Å². The zero-order valence-electron chi connectivity index (χ0n) is 12.0. The highest BCUT2D eigenvalue weighted by Gasteiger charge is 2.12. The van der Waals surface area contributed by atoms with E-state index in [2.05, 4.69) is 15.5 Å². The molecule has 0 saturated carbocycles. The van der Waals surface area contributed by atoms with Crippen LogP contribution in [0.2, 0.25) is 0 Å². The van der Waals surface area contributed by atoms with Crippen LogP contribution in [0.5, 0.6) is 0 Å². The number of nitriles is 1. The van der Waals surface area contributed by atoms with Crippen LogP contribution in [0.15, 0.2) is 16.9 Å². The summed E-state index contributed by atoms with van der Waals surface area (Å²) < 4.78 is 6.16. The lowest BCUT2D eigenvalue weighted by molar-refractivity contribution is -0.116. The maximum atomic E-state index is 12.0. The van der Waals surface area contributed by atoms with Crippen LogP contribution in [0.4, 0.5) is 5.13 Å². The van der Waals surface area contributed by atoms with E-state index in [1.54, 1.807) is 19.1 Å². The Hall–Kier alpha value is -2.57. The van der Waals surface area contributed by atoms with Crippen molar-refractivity contribution >= 4 is 22.4 Å². The van der Waals surface area contributed by atoms with Crippen molar-refractivity contribution in [1.29, 1.82) is 5.26 Å². The summed E-state index contributed by atoms with van der Waals surface area (Å²) in [5.74, 6) is -0.416. The van der Waals surface area contributed by atoms with Crippen LogP contribution in [0.25, 0.3) is 0 Å². The fourth-order valence-corrected chi connectivity index (χ4v) is 2.47. The van der Waals surface area contributed by atoms with E-state index in [-0.39, 0.29) is 12.1 Å². The summed E-state index contributed by atoms with van der Waals surface area (Å²) in [6, 6.07) is 4.86. The molecule has 2 rings (SSSR count). The molecule has 0 aliphatic heterocycles. The molecule has 0 aromatic carbocycles. The van der Waals surface area contributed by atoms with Gasteiger partial charge in [-0.05, 0) is 19.1 Å². The normalized spacial score (nSPS) is 10.2. The highest BCUT2D eigenvalue weighted by molar-refractivity contribution is 7.15. The fourth-order valence-electron chi connectivity index (χ4n) is 1.74. The Morgan fingerprint density at radius 3 is 2.95 bits per heavy atom. The van der Waals surface area contributed by atoms with Crippen molar-refractivity contribution in [2.75, 3.05) is 12.4 Å².